The number of rotatable bonds is 6. The molecule has 1 aliphatic rings. The Balaban J connectivity index is 2.18. The second-order valence-electron chi connectivity index (χ2n) is 5.11. The molecule has 1 fully saturated rings. The summed E-state index contributed by atoms with van der Waals surface area (Å²) >= 11 is 0. The molecular formula is C14H27NO. The molecule has 0 saturated heterocycles. The van der Waals surface area contributed by atoms with Gasteiger partial charge in [-0.1, -0.05) is 45.4 Å². The zero-order valence-electron chi connectivity index (χ0n) is 11.0. The molecular weight excluding hydrogens is 198 g/mol. The first kappa shape index (κ1) is 13.5. The van der Waals surface area contributed by atoms with Crippen LogP contribution in [-0.2, 0) is 4.79 Å². The van der Waals surface area contributed by atoms with Crippen LogP contribution in [0, 0.1) is 0 Å². The fraction of sp³-hybridized carbons (Fsp3) is 0.929. The van der Waals surface area contributed by atoms with Gasteiger partial charge >= 0.3 is 0 Å². The lowest BCUT2D eigenvalue weighted by Gasteiger charge is -2.31. The van der Waals surface area contributed by atoms with Crippen molar-refractivity contribution in [3.63, 3.8) is 0 Å². The summed E-state index contributed by atoms with van der Waals surface area (Å²) in [5.41, 5.74) is 0. The van der Waals surface area contributed by atoms with E-state index in [1.807, 2.05) is 11.9 Å². The maximum absolute atomic E-state index is 11.9. The Hall–Kier alpha value is -0.530. The second-order valence-corrected chi connectivity index (χ2v) is 5.11. The van der Waals surface area contributed by atoms with E-state index >= 15 is 0 Å². The molecule has 0 radical (unpaired) electrons. The summed E-state index contributed by atoms with van der Waals surface area (Å²) in [6, 6.07) is 0.535. The fourth-order valence-electron chi connectivity index (χ4n) is 2.55. The zero-order chi connectivity index (χ0) is 11.8. The zero-order valence-corrected chi connectivity index (χ0v) is 11.0. The number of unbranched alkanes of at least 4 members (excludes halogenated alkanes) is 3. The molecule has 1 amide bonds. The van der Waals surface area contributed by atoms with E-state index in [1.165, 1.54) is 51.4 Å². The number of nitrogens with zero attached hydrogens (tertiary/aromatic N) is 1. The standard InChI is InChI=1S/C14H27NO/c1-3-4-5-9-12-14(16)15(2)13-10-7-6-8-11-13/h13H,3-12H2,1-2H3. The number of amides is 1. The molecule has 0 bridgehead atoms. The molecule has 2 heteroatoms. The van der Waals surface area contributed by atoms with Gasteiger partial charge in [-0.15, -0.1) is 0 Å². The molecule has 1 saturated carbocycles. The highest BCUT2D eigenvalue weighted by molar-refractivity contribution is 5.76. The fourth-order valence-corrected chi connectivity index (χ4v) is 2.55. The quantitative estimate of drug-likeness (QED) is 0.630. The van der Waals surface area contributed by atoms with Crippen molar-refractivity contribution in [2.24, 2.45) is 0 Å². The van der Waals surface area contributed by atoms with E-state index in [-0.39, 0.29) is 0 Å². The summed E-state index contributed by atoms with van der Waals surface area (Å²) in [5.74, 6) is 0.364. The topological polar surface area (TPSA) is 20.3 Å². The molecule has 0 N–H and O–H groups in total. The molecule has 0 heterocycles. The van der Waals surface area contributed by atoms with Crippen LogP contribution in [0.15, 0.2) is 0 Å². The largest absolute Gasteiger partial charge is 0.343 e. The Labute approximate surface area is 100 Å². The van der Waals surface area contributed by atoms with E-state index in [4.69, 9.17) is 0 Å². The third kappa shape index (κ3) is 4.54. The molecule has 0 atom stereocenters. The van der Waals surface area contributed by atoms with Gasteiger partial charge in [0.05, 0.1) is 0 Å². The number of hydrogen-bond acceptors (Lipinski definition) is 1. The van der Waals surface area contributed by atoms with E-state index in [9.17, 15) is 4.79 Å². The van der Waals surface area contributed by atoms with E-state index in [0.29, 0.717) is 11.9 Å². The van der Waals surface area contributed by atoms with Crippen LogP contribution in [0.2, 0.25) is 0 Å². The molecule has 1 aliphatic carbocycles. The minimum atomic E-state index is 0.364. The van der Waals surface area contributed by atoms with Crippen molar-refractivity contribution in [3.8, 4) is 0 Å². The average Bonchev–Trinajstić information content (AvgIpc) is 2.34. The molecule has 1 rings (SSSR count). The Morgan fingerprint density at radius 1 is 1.12 bits per heavy atom. The van der Waals surface area contributed by atoms with Crippen LogP contribution in [0.1, 0.15) is 71.1 Å². The first-order chi connectivity index (χ1) is 7.75. The molecule has 0 aromatic carbocycles. The summed E-state index contributed by atoms with van der Waals surface area (Å²) in [5, 5.41) is 0. The Kier molecular flexibility index (Phi) is 6.51. The van der Waals surface area contributed by atoms with E-state index in [0.717, 1.165) is 12.8 Å². The first-order valence-electron chi connectivity index (χ1n) is 7.01. The van der Waals surface area contributed by atoms with Gasteiger partial charge in [0.15, 0.2) is 0 Å². The van der Waals surface area contributed by atoms with Crippen LogP contribution in [0.5, 0.6) is 0 Å². The van der Waals surface area contributed by atoms with E-state index in [2.05, 4.69) is 6.92 Å². The third-order valence-electron chi connectivity index (χ3n) is 3.76. The van der Waals surface area contributed by atoms with Crippen molar-refractivity contribution in [2.45, 2.75) is 77.2 Å². The van der Waals surface area contributed by atoms with Crippen LogP contribution < -0.4 is 0 Å². The van der Waals surface area contributed by atoms with Crippen molar-refractivity contribution in [1.29, 1.82) is 0 Å². The summed E-state index contributed by atoms with van der Waals surface area (Å²) in [6.07, 6.45) is 11.9. The Morgan fingerprint density at radius 3 is 2.44 bits per heavy atom. The normalized spacial score (nSPS) is 17.4. The molecule has 0 unspecified atom stereocenters. The summed E-state index contributed by atoms with van der Waals surface area (Å²) in [7, 11) is 2.00. The average molecular weight is 225 g/mol. The predicted molar refractivity (Wildman–Crippen MR) is 68.4 cm³/mol. The van der Waals surface area contributed by atoms with Gasteiger partial charge in [0.2, 0.25) is 5.91 Å². The first-order valence-corrected chi connectivity index (χ1v) is 7.01. The molecule has 0 spiro atoms. The lowest BCUT2D eigenvalue weighted by Crippen LogP contribution is -2.38. The molecule has 16 heavy (non-hydrogen) atoms. The molecule has 94 valence electrons. The van der Waals surface area contributed by atoms with Gasteiger partial charge < -0.3 is 4.90 Å². The SMILES string of the molecule is CCCCCCC(=O)N(C)C1CCCCC1. The monoisotopic (exact) mass is 225 g/mol. The highest BCUT2D eigenvalue weighted by atomic mass is 16.2. The van der Waals surface area contributed by atoms with Gasteiger partial charge in [-0.2, -0.15) is 0 Å². The number of carbonyl (C=O) groups is 1. The van der Waals surface area contributed by atoms with Crippen molar-refractivity contribution in [3.05, 3.63) is 0 Å². The predicted octanol–water partition coefficient (Wildman–Crippen LogP) is 3.75. The van der Waals surface area contributed by atoms with Crippen molar-refractivity contribution >= 4 is 5.91 Å². The number of hydrogen-bond donors (Lipinski definition) is 0. The molecule has 2 nitrogen and oxygen atoms in total. The van der Waals surface area contributed by atoms with Crippen LogP contribution in [-0.4, -0.2) is 23.9 Å². The van der Waals surface area contributed by atoms with E-state index < -0.39 is 0 Å². The second kappa shape index (κ2) is 7.70. The van der Waals surface area contributed by atoms with Gasteiger partial charge in [0.25, 0.3) is 0 Å². The summed E-state index contributed by atoms with van der Waals surface area (Å²) in [4.78, 5) is 14.0. The van der Waals surface area contributed by atoms with Gasteiger partial charge in [-0.05, 0) is 19.3 Å². The van der Waals surface area contributed by atoms with Gasteiger partial charge in [0.1, 0.15) is 0 Å². The van der Waals surface area contributed by atoms with Crippen molar-refractivity contribution in [2.75, 3.05) is 7.05 Å². The Bertz CT molecular complexity index is 197. The van der Waals surface area contributed by atoms with Crippen LogP contribution in [0.4, 0.5) is 0 Å². The minimum absolute atomic E-state index is 0.364. The van der Waals surface area contributed by atoms with Crippen LogP contribution in [0.3, 0.4) is 0 Å². The Morgan fingerprint density at radius 2 is 1.81 bits per heavy atom. The maximum atomic E-state index is 11.9. The third-order valence-corrected chi connectivity index (χ3v) is 3.76. The van der Waals surface area contributed by atoms with Crippen LogP contribution in [0.25, 0.3) is 0 Å². The van der Waals surface area contributed by atoms with Crippen molar-refractivity contribution < 1.29 is 4.79 Å². The van der Waals surface area contributed by atoms with Gasteiger partial charge in [-0.25, -0.2) is 0 Å². The smallest absolute Gasteiger partial charge is 0.222 e. The molecule has 0 aromatic rings. The highest BCUT2D eigenvalue weighted by Gasteiger charge is 2.21. The van der Waals surface area contributed by atoms with Crippen LogP contribution >= 0.6 is 0 Å². The summed E-state index contributed by atoms with van der Waals surface area (Å²) in [6.45, 7) is 2.20. The van der Waals surface area contributed by atoms with Gasteiger partial charge in [0, 0.05) is 19.5 Å². The lowest BCUT2D eigenvalue weighted by atomic mass is 9.94. The number of carbonyl (C=O) groups excluding carboxylic acids is 1. The van der Waals surface area contributed by atoms with Gasteiger partial charge in [-0.3, -0.25) is 4.79 Å². The van der Waals surface area contributed by atoms with E-state index in [1.54, 1.807) is 0 Å². The maximum Gasteiger partial charge on any atom is 0.222 e. The minimum Gasteiger partial charge on any atom is -0.343 e. The highest BCUT2D eigenvalue weighted by Crippen LogP contribution is 2.22. The van der Waals surface area contributed by atoms with Crippen molar-refractivity contribution in [1.82, 2.24) is 4.90 Å². The molecule has 0 aliphatic heterocycles. The summed E-state index contributed by atoms with van der Waals surface area (Å²) < 4.78 is 0. The lowest BCUT2D eigenvalue weighted by molar-refractivity contribution is -0.132. The molecule has 0 aromatic heterocycles.